The summed E-state index contributed by atoms with van der Waals surface area (Å²) in [5.74, 6) is 0.576. The van der Waals surface area contributed by atoms with Crippen molar-refractivity contribution < 1.29 is 9.94 Å². The molecule has 4 heteroatoms. The fourth-order valence-corrected chi connectivity index (χ4v) is 1.15. The molecule has 0 heterocycles. The molecule has 2 aromatic rings. The Morgan fingerprint density at radius 3 is 2.50 bits per heavy atom. The first-order valence-corrected chi connectivity index (χ1v) is 4.77. The Kier molecular flexibility index (Phi) is 3.13. The molecule has 0 aliphatic carbocycles. The lowest BCUT2D eigenvalue weighted by Crippen LogP contribution is -1.79. The van der Waals surface area contributed by atoms with Crippen LogP contribution in [0, 0.1) is 0 Å². The molecule has 0 atom stereocenters. The quantitative estimate of drug-likeness (QED) is 0.628. The minimum Gasteiger partial charge on any atom is -0.508 e. The van der Waals surface area contributed by atoms with E-state index in [9.17, 15) is 5.11 Å². The number of aromatic hydroxyl groups is 1. The third-order valence-corrected chi connectivity index (χ3v) is 1.88. The number of benzene rings is 2. The van der Waals surface area contributed by atoms with Gasteiger partial charge in [0.2, 0.25) is 0 Å². The Balaban J connectivity index is 2.00. The Hall–Kier alpha value is -2.36. The average Bonchev–Trinajstić information content (AvgIpc) is 2.30. The van der Waals surface area contributed by atoms with Crippen molar-refractivity contribution in [2.45, 2.75) is 0 Å². The highest BCUT2D eigenvalue weighted by molar-refractivity contribution is 5.35. The smallest absolute Gasteiger partial charge is 0.163 e. The first kappa shape index (κ1) is 10.2. The van der Waals surface area contributed by atoms with Crippen molar-refractivity contribution in [1.82, 2.24) is 0 Å². The second kappa shape index (κ2) is 4.93. The zero-order chi connectivity index (χ0) is 11.2. The van der Waals surface area contributed by atoms with Crippen LogP contribution in [0.3, 0.4) is 0 Å². The Morgan fingerprint density at radius 1 is 0.938 bits per heavy atom. The molecule has 0 unspecified atom stereocenters. The van der Waals surface area contributed by atoms with Gasteiger partial charge in [-0.15, -0.1) is 5.11 Å². The zero-order valence-corrected chi connectivity index (χ0v) is 8.45. The van der Waals surface area contributed by atoms with Crippen LogP contribution in [0.1, 0.15) is 0 Å². The average molecular weight is 214 g/mol. The Labute approximate surface area is 92.8 Å². The maximum atomic E-state index is 9.18. The van der Waals surface area contributed by atoms with Crippen LogP contribution in [0.2, 0.25) is 0 Å². The van der Waals surface area contributed by atoms with Crippen molar-refractivity contribution in [3.63, 3.8) is 0 Å². The summed E-state index contributed by atoms with van der Waals surface area (Å²) in [5.41, 5.74) is 0.711. The van der Waals surface area contributed by atoms with E-state index >= 15 is 0 Å². The molecule has 0 radical (unpaired) electrons. The number of rotatable bonds is 3. The van der Waals surface area contributed by atoms with Crippen LogP contribution in [0.5, 0.6) is 11.5 Å². The van der Waals surface area contributed by atoms with Gasteiger partial charge in [-0.25, -0.2) is 0 Å². The molecule has 0 aromatic heterocycles. The number of hydrogen-bond acceptors (Lipinski definition) is 4. The predicted octanol–water partition coefficient (Wildman–Crippen LogP) is 3.47. The van der Waals surface area contributed by atoms with Crippen molar-refractivity contribution in [3.8, 4) is 11.5 Å². The van der Waals surface area contributed by atoms with Gasteiger partial charge >= 0.3 is 0 Å². The number of phenols is 1. The summed E-state index contributed by atoms with van der Waals surface area (Å²) in [4.78, 5) is 4.99. The van der Waals surface area contributed by atoms with Gasteiger partial charge in [0.1, 0.15) is 5.75 Å². The molecule has 16 heavy (non-hydrogen) atoms. The van der Waals surface area contributed by atoms with Crippen LogP contribution < -0.4 is 4.84 Å². The van der Waals surface area contributed by atoms with E-state index in [1.165, 1.54) is 6.07 Å². The van der Waals surface area contributed by atoms with Gasteiger partial charge in [-0.1, -0.05) is 24.3 Å². The maximum absolute atomic E-state index is 9.18. The molecule has 80 valence electrons. The van der Waals surface area contributed by atoms with Crippen molar-refractivity contribution >= 4 is 5.69 Å². The molecule has 0 spiro atoms. The van der Waals surface area contributed by atoms with Gasteiger partial charge in [0.25, 0.3) is 0 Å². The van der Waals surface area contributed by atoms with Crippen LogP contribution in [0.15, 0.2) is 65.0 Å². The molecule has 0 aliphatic rings. The van der Waals surface area contributed by atoms with Gasteiger partial charge in [-0.05, 0) is 24.3 Å². The molecular weight excluding hydrogens is 204 g/mol. The molecule has 0 fully saturated rings. The number of hydrogen-bond donors (Lipinski definition) is 1. The van der Waals surface area contributed by atoms with E-state index in [1.54, 1.807) is 18.2 Å². The Morgan fingerprint density at radius 2 is 1.75 bits per heavy atom. The fraction of sp³-hybridized carbons (Fsp3) is 0. The second-order valence-electron chi connectivity index (χ2n) is 3.11. The summed E-state index contributed by atoms with van der Waals surface area (Å²) < 4.78 is 0. The predicted molar refractivity (Wildman–Crippen MR) is 59.7 cm³/mol. The van der Waals surface area contributed by atoms with Gasteiger partial charge in [-0.3, -0.25) is 0 Å². The molecule has 0 saturated heterocycles. The van der Waals surface area contributed by atoms with Gasteiger partial charge in [-0.2, -0.15) is 0 Å². The van der Waals surface area contributed by atoms with E-state index in [-0.39, 0.29) is 5.75 Å². The minimum absolute atomic E-state index is 0.132. The number of phenolic OH excluding ortho intramolecular Hbond substituents is 1. The van der Waals surface area contributed by atoms with Crippen LogP contribution in [-0.2, 0) is 0 Å². The standard InChI is InChI=1S/C12H10N2O2/c15-11-7-4-8-12(9-11)16-14-13-10-5-2-1-3-6-10/h1-9,15H. The summed E-state index contributed by atoms with van der Waals surface area (Å²) in [6.07, 6.45) is 0. The fourth-order valence-electron chi connectivity index (χ4n) is 1.15. The molecular formula is C12H10N2O2. The molecule has 0 aliphatic heterocycles. The zero-order valence-electron chi connectivity index (χ0n) is 8.45. The van der Waals surface area contributed by atoms with Gasteiger partial charge < -0.3 is 9.94 Å². The van der Waals surface area contributed by atoms with Crippen LogP contribution in [0.25, 0.3) is 0 Å². The number of nitrogens with zero attached hydrogens (tertiary/aromatic N) is 2. The SMILES string of the molecule is Oc1cccc(ON=Nc2ccccc2)c1. The molecule has 1 N–H and O–H groups in total. The maximum Gasteiger partial charge on any atom is 0.163 e. The van der Waals surface area contributed by atoms with Crippen LogP contribution in [-0.4, -0.2) is 5.11 Å². The van der Waals surface area contributed by atoms with Crippen molar-refractivity contribution in [3.05, 3.63) is 54.6 Å². The summed E-state index contributed by atoms with van der Waals surface area (Å²) in [7, 11) is 0. The molecule has 0 bridgehead atoms. The van der Waals surface area contributed by atoms with Gasteiger partial charge in [0.15, 0.2) is 5.75 Å². The van der Waals surface area contributed by atoms with E-state index in [1.807, 2.05) is 30.3 Å². The monoisotopic (exact) mass is 214 g/mol. The third-order valence-electron chi connectivity index (χ3n) is 1.88. The van der Waals surface area contributed by atoms with Crippen LogP contribution >= 0.6 is 0 Å². The largest absolute Gasteiger partial charge is 0.508 e. The third kappa shape index (κ3) is 2.81. The summed E-state index contributed by atoms with van der Waals surface area (Å²) in [6.45, 7) is 0. The highest BCUT2D eigenvalue weighted by Crippen LogP contribution is 2.18. The molecule has 4 nitrogen and oxygen atoms in total. The molecule has 0 saturated carbocycles. The first-order chi connectivity index (χ1) is 7.84. The summed E-state index contributed by atoms with van der Waals surface area (Å²) in [5, 5.41) is 16.6. The van der Waals surface area contributed by atoms with E-state index in [0.717, 1.165) is 0 Å². The second-order valence-corrected chi connectivity index (χ2v) is 3.11. The summed E-state index contributed by atoms with van der Waals surface area (Å²) >= 11 is 0. The normalized spacial score (nSPS) is 10.5. The van der Waals surface area contributed by atoms with E-state index < -0.39 is 0 Å². The lowest BCUT2D eigenvalue weighted by Gasteiger charge is -1.96. The molecule has 0 amide bonds. The van der Waals surface area contributed by atoms with Gasteiger partial charge in [0.05, 0.1) is 5.69 Å². The Bertz CT molecular complexity index is 483. The van der Waals surface area contributed by atoms with Crippen molar-refractivity contribution in [1.29, 1.82) is 0 Å². The van der Waals surface area contributed by atoms with Crippen molar-refractivity contribution in [2.24, 2.45) is 10.4 Å². The molecule has 2 rings (SSSR count). The topological polar surface area (TPSA) is 54.2 Å². The summed E-state index contributed by atoms with van der Waals surface area (Å²) in [6, 6.07) is 15.6. The van der Waals surface area contributed by atoms with E-state index in [2.05, 4.69) is 10.4 Å². The lowest BCUT2D eigenvalue weighted by molar-refractivity contribution is 0.311. The van der Waals surface area contributed by atoms with Crippen LogP contribution in [0.4, 0.5) is 5.69 Å². The minimum atomic E-state index is 0.132. The highest BCUT2D eigenvalue weighted by atomic mass is 16.6. The lowest BCUT2D eigenvalue weighted by atomic mass is 10.3. The molecule has 2 aromatic carbocycles. The van der Waals surface area contributed by atoms with Gasteiger partial charge in [0, 0.05) is 11.3 Å². The first-order valence-electron chi connectivity index (χ1n) is 4.77. The van der Waals surface area contributed by atoms with Crippen molar-refractivity contribution in [2.75, 3.05) is 0 Å². The highest BCUT2D eigenvalue weighted by Gasteiger charge is 1.93. The van der Waals surface area contributed by atoms with E-state index in [4.69, 9.17) is 4.84 Å². The van der Waals surface area contributed by atoms with E-state index in [0.29, 0.717) is 11.4 Å².